The van der Waals surface area contributed by atoms with Crippen LogP contribution >= 0.6 is 0 Å². The summed E-state index contributed by atoms with van der Waals surface area (Å²) in [4.78, 5) is 0. The number of hydrogen-bond acceptors (Lipinski definition) is 1. The summed E-state index contributed by atoms with van der Waals surface area (Å²) in [5.41, 5.74) is 4.96. The Labute approximate surface area is 65.7 Å². The molecular formula is C6H8F5N. The fraction of sp³-hybridized carbons (Fsp3) is 1.00. The predicted octanol–water partition coefficient (Wildman–Crippen LogP) is 1.78. The molecule has 0 aliphatic heterocycles. The number of halogens is 5. The van der Waals surface area contributed by atoms with Crippen LogP contribution in [0.5, 0.6) is 0 Å². The fourth-order valence-corrected chi connectivity index (χ4v) is 1.16. The summed E-state index contributed by atoms with van der Waals surface area (Å²) in [5.74, 6) is -6.82. The summed E-state index contributed by atoms with van der Waals surface area (Å²) in [7, 11) is 0. The molecule has 0 aromatic rings. The molecule has 0 aromatic carbocycles. The van der Waals surface area contributed by atoms with Gasteiger partial charge < -0.3 is 5.73 Å². The molecule has 72 valence electrons. The Balaban J connectivity index is 2.62. The van der Waals surface area contributed by atoms with Crippen LogP contribution in [0.4, 0.5) is 22.0 Å². The molecule has 1 nitrogen and oxygen atoms in total. The third kappa shape index (κ3) is 1.39. The highest BCUT2D eigenvalue weighted by molar-refractivity contribution is 4.99. The summed E-state index contributed by atoms with van der Waals surface area (Å²) in [6, 6.07) is 0. The van der Waals surface area contributed by atoms with E-state index in [1.54, 1.807) is 0 Å². The highest BCUT2D eigenvalue weighted by atomic mass is 19.4. The minimum Gasteiger partial charge on any atom is -0.330 e. The maximum absolute atomic E-state index is 12.4. The lowest BCUT2D eigenvalue weighted by atomic mass is 10.1. The molecule has 12 heavy (non-hydrogen) atoms. The number of alkyl halides is 5. The molecule has 0 aromatic heterocycles. The fourth-order valence-electron chi connectivity index (χ4n) is 1.16. The Morgan fingerprint density at radius 3 is 1.92 bits per heavy atom. The quantitative estimate of drug-likeness (QED) is 0.658. The van der Waals surface area contributed by atoms with Crippen LogP contribution in [0.15, 0.2) is 0 Å². The van der Waals surface area contributed by atoms with Crippen molar-refractivity contribution in [3.63, 3.8) is 0 Å². The Bertz CT molecular complexity index is 175. The van der Waals surface area contributed by atoms with Crippen molar-refractivity contribution < 1.29 is 22.0 Å². The van der Waals surface area contributed by atoms with E-state index in [-0.39, 0.29) is 13.0 Å². The predicted molar refractivity (Wildman–Crippen MR) is 31.7 cm³/mol. The normalized spacial score (nSPS) is 30.5. The van der Waals surface area contributed by atoms with E-state index in [9.17, 15) is 22.0 Å². The number of rotatable bonds is 2. The van der Waals surface area contributed by atoms with Gasteiger partial charge >= 0.3 is 12.1 Å². The van der Waals surface area contributed by atoms with Crippen molar-refractivity contribution in [1.29, 1.82) is 0 Å². The Hall–Kier alpha value is -0.390. The van der Waals surface area contributed by atoms with Crippen molar-refractivity contribution in [3.05, 3.63) is 0 Å². The van der Waals surface area contributed by atoms with Crippen LogP contribution in [0.25, 0.3) is 0 Å². The molecule has 0 heterocycles. The van der Waals surface area contributed by atoms with E-state index < -0.39 is 23.9 Å². The molecule has 2 N–H and O–H groups in total. The van der Waals surface area contributed by atoms with Gasteiger partial charge in [0, 0.05) is 5.92 Å². The van der Waals surface area contributed by atoms with Gasteiger partial charge in [0.2, 0.25) is 0 Å². The zero-order valence-corrected chi connectivity index (χ0v) is 6.04. The highest BCUT2D eigenvalue weighted by Gasteiger charge is 2.68. The Morgan fingerprint density at radius 1 is 1.17 bits per heavy atom. The van der Waals surface area contributed by atoms with Gasteiger partial charge in [-0.15, -0.1) is 0 Å². The SMILES string of the molecule is NCC1CC1C(F)(F)C(F)(F)F. The molecule has 0 spiro atoms. The second-order valence-corrected chi connectivity index (χ2v) is 2.96. The molecule has 0 amide bonds. The minimum atomic E-state index is -5.43. The van der Waals surface area contributed by atoms with Gasteiger partial charge in [-0.3, -0.25) is 0 Å². The summed E-state index contributed by atoms with van der Waals surface area (Å²) in [5, 5.41) is 0. The molecule has 6 heteroatoms. The van der Waals surface area contributed by atoms with Crippen molar-refractivity contribution >= 4 is 0 Å². The Morgan fingerprint density at radius 2 is 1.67 bits per heavy atom. The van der Waals surface area contributed by atoms with Gasteiger partial charge in [-0.1, -0.05) is 0 Å². The van der Waals surface area contributed by atoms with Crippen molar-refractivity contribution in [1.82, 2.24) is 0 Å². The molecular weight excluding hydrogens is 181 g/mol. The number of hydrogen-bond donors (Lipinski definition) is 1. The van der Waals surface area contributed by atoms with Gasteiger partial charge in [-0.2, -0.15) is 22.0 Å². The standard InChI is InChI=1S/C6H8F5N/c7-5(8,6(9,10)11)4-1-3(4)2-12/h3-4H,1-2,12H2. The average Bonchev–Trinajstić information content (AvgIpc) is 2.62. The molecule has 2 unspecified atom stereocenters. The molecule has 0 radical (unpaired) electrons. The van der Waals surface area contributed by atoms with Crippen LogP contribution < -0.4 is 5.73 Å². The van der Waals surface area contributed by atoms with E-state index in [0.717, 1.165) is 0 Å². The lowest BCUT2D eigenvalue weighted by Crippen LogP contribution is -2.39. The van der Waals surface area contributed by atoms with E-state index >= 15 is 0 Å². The van der Waals surface area contributed by atoms with Crippen molar-refractivity contribution in [2.75, 3.05) is 6.54 Å². The zero-order chi connectivity index (χ0) is 9.57. The van der Waals surface area contributed by atoms with E-state index in [1.807, 2.05) is 0 Å². The van der Waals surface area contributed by atoms with Crippen molar-refractivity contribution in [2.24, 2.45) is 17.6 Å². The lowest BCUT2D eigenvalue weighted by Gasteiger charge is -2.19. The zero-order valence-electron chi connectivity index (χ0n) is 6.04. The monoisotopic (exact) mass is 189 g/mol. The first-order valence-electron chi connectivity index (χ1n) is 3.45. The van der Waals surface area contributed by atoms with Crippen LogP contribution in [0.3, 0.4) is 0 Å². The summed E-state index contributed by atoms with van der Waals surface area (Å²) in [6.45, 7) is -0.101. The van der Waals surface area contributed by atoms with Gasteiger partial charge in [0.1, 0.15) is 0 Å². The average molecular weight is 189 g/mol. The molecule has 1 saturated carbocycles. The largest absolute Gasteiger partial charge is 0.453 e. The molecule has 1 aliphatic rings. The first-order chi connectivity index (χ1) is 5.30. The molecule has 0 bridgehead atoms. The van der Waals surface area contributed by atoms with E-state index in [2.05, 4.69) is 0 Å². The maximum Gasteiger partial charge on any atom is 0.453 e. The van der Waals surface area contributed by atoms with Crippen molar-refractivity contribution in [2.45, 2.75) is 18.5 Å². The van der Waals surface area contributed by atoms with Crippen LogP contribution in [-0.2, 0) is 0 Å². The van der Waals surface area contributed by atoms with Gasteiger partial charge in [0.25, 0.3) is 0 Å². The van der Waals surface area contributed by atoms with E-state index in [1.165, 1.54) is 0 Å². The smallest absolute Gasteiger partial charge is 0.330 e. The number of nitrogens with two attached hydrogens (primary N) is 1. The third-order valence-corrected chi connectivity index (χ3v) is 2.07. The van der Waals surface area contributed by atoms with Crippen LogP contribution in [0.1, 0.15) is 6.42 Å². The topological polar surface area (TPSA) is 26.0 Å². The molecule has 1 aliphatic carbocycles. The minimum absolute atomic E-state index is 0.101. The summed E-state index contributed by atoms with van der Waals surface area (Å²) in [6.07, 6.45) is -5.55. The van der Waals surface area contributed by atoms with Crippen LogP contribution in [-0.4, -0.2) is 18.6 Å². The third-order valence-electron chi connectivity index (χ3n) is 2.07. The van der Waals surface area contributed by atoms with Gasteiger partial charge in [-0.05, 0) is 18.9 Å². The maximum atomic E-state index is 12.4. The molecule has 0 saturated heterocycles. The first kappa shape index (κ1) is 9.70. The molecule has 2 atom stereocenters. The highest BCUT2D eigenvalue weighted by Crippen LogP contribution is 2.55. The van der Waals surface area contributed by atoms with Gasteiger partial charge in [0.15, 0.2) is 0 Å². The van der Waals surface area contributed by atoms with Gasteiger partial charge in [-0.25, -0.2) is 0 Å². The van der Waals surface area contributed by atoms with Gasteiger partial charge in [0.05, 0.1) is 0 Å². The second kappa shape index (κ2) is 2.55. The first-order valence-corrected chi connectivity index (χ1v) is 3.45. The van der Waals surface area contributed by atoms with Crippen molar-refractivity contribution in [3.8, 4) is 0 Å². The molecule has 1 rings (SSSR count). The van der Waals surface area contributed by atoms with Crippen LogP contribution in [0.2, 0.25) is 0 Å². The second-order valence-electron chi connectivity index (χ2n) is 2.96. The summed E-state index contributed by atoms with van der Waals surface area (Å²) >= 11 is 0. The lowest BCUT2D eigenvalue weighted by molar-refractivity contribution is -0.292. The Kier molecular flexibility index (Phi) is 2.06. The van der Waals surface area contributed by atoms with E-state index in [4.69, 9.17) is 5.73 Å². The van der Waals surface area contributed by atoms with E-state index in [0.29, 0.717) is 0 Å². The van der Waals surface area contributed by atoms with Crippen LogP contribution in [0, 0.1) is 11.8 Å². The molecule has 1 fully saturated rings. The summed E-state index contributed by atoms with van der Waals surface area (Å²) < 4.78 is 59.7.